The number of hydrogen-bond donors (Lipinski definition) is 5. The van der Waals surface area contributed by atoms with Crippen molar-refractivity contribution in [3.8, 4) is 34.8 Å². The molecule has 0 spiro atoms. The highest BCUT2D eigenvalue weighted by atomic mass is 16.5. The van der Waals surface area contributed by atoms with Gasteiger partial charge in [-0.25, -0.2) is 24.9 Å². The number of allylic oxidation sites excluding steroid dienone is 3. The Bertz CT molecular complexity index is 5160. The number of fused-ring (bicyclic) bond motifs is 4. The van der Waals surface area contributed by atoms with Crippen LogP contribution in [0.2, 0.25) is 0 Å². The van der Waals surface area contributed by atoms with Crippen LogP contribution >= 0.6 is 0 Å². The lowest BCUT2D eigenvalue weighted by molar-refractivity contribution is -0.113. The first-order chi connectivity index (χ1) is 45.6. The zero-order valence-electron chi connectivity index (χ0n) is 52.6. The van der Waals surface area contributed by atoms with Crippen LogP contribution in [0.25, 0.3) is 84.6 Å². The molecule has 4 aliphatic heterocycles. The Hall–Kier alpha value is -11.6. The number of aromatic nitrogens is 18. The van der Waals surface area contributed by atoms with Crippen LogP contribution in [0.5, 0.6) is 0 Å². The summed E-state index contributed by atoms with van der Waals surface area (Å²) in [6.45, 7) is 14.2. The Kier molecular flexibility index (Phi) is 17.1. The summed E-state index contributed by atoms with van der Waals surface area (Å²) in [7, 11) is 0. The molecule has 3 aromatic carbocycles. The van der Waals surface area contributed by atoms with Crippen LogP contribution in [-0.4, -0.2) is 125 Å². The van der Waals surface area contributed by atoms with Gasteiger partial charge in [0.15, 0.2) is 40.6 Å². The largest absolute Gasteiger partial charge is 0.351 e. The smallest absolute Gasteiger partial charge is 0.274 e. The number of nitrogens with zero attached hydrogens (tertiary/aromatic N) is 16. The summed E-state index contributed by atoms with van der Waals surface area (Å²) in [6, 6.07) is 24.2. The van der Waals surface area contributed by atoms with Crippen LogP contribution in [0.4, 0.5) is 0 Å². The molecular weight excluding hydrogens is 1210 g/mol. The fourth-order valence-corrected chi connectivity index (χ4v) is 12.0. The number of carbonyl (C=O) groups excluding carboxylic acids is 3. The second kappa shape index (κ2) is 26.2. The Morgan fingerprint density at radius 2 is 0.958 bits per heavy atom. The molecule has 0 atom stereocenters. The number of aliphatic imine (C=N–C) groups is 3. The first-order valence-corrected chi connectivity index (χ1v) is 30.9. The number of ketones is 3. The van der Waals surface area contributed by atoms with E-state index >= 15 is 0 Å². The van der Waals surface area contributed by atoms with Gasteiger partial charge >= 0.3 is 0 Å². The SMILES string of the molecule is C.CC1=C(c2ccc3[nH]c(-c4nc(C)no4)cc3c2)N=C(C(=O)CCc2n[nH]c(C)n2)C1.CC1=C(c2ccc3[nH]c(-c4nc(C)no4)cc3c2)N=C(C(=O)CCc2ncn[nH]2)C1.CC1=C(c2ccc3[nH]c(-c4nc(C)no4)cc3c2)N=C(C(=O)CCc2nnc3n2CCC3)C1. The molecule has 4 aliphatic rings. The standard InChI is InChI=1S/C24H23N7O2.C22H21N7O2.C21H19N7O2.CH4/c1-13-10-18(20(32)7-8-22-29-28-21-4-3-9-31(21)22)27-23(13)15-5-6-17-16(11-15)12-19(26-17)24-25-14(2)30-33-24;1-11-8-17(19(30)6-7-20-23-12(2)27-28-20)26-21(11)14-4-5-16-15(9-14)10-18(25-16)22-24-13(3)29-31-22;1-11-7-16(18(29)5-6-19-22-10-23-27-19)26-20(11)13-3-4-15-14(8-13)9-17(25-15)21-24-12(2)28-30-21;/h5-6,11-12,26H,3-4,7-10H2,1-2H3;4-5,9-10,25H,6-8H2,1-3H3,(H,23,27,28);3-4,8-10,25H,5-7H2,1-2H3,(H,22,23,27);1H4. The lowest BCUT2D eigenvalue weighted by atomic mass is 10.0. The van der Waals surface area contributed by atoms with Crippen LogP contribution in [0.3, 0.4) is 0 Å². The number of nitrogens with one attached hydrogen (secondary N) is 5. The van der Waals surface area contributed by atoms with Crippen molar-refractivity contribution >= 4 is 84.3 Å². The van der Waals surface area contributed by atoms with E-state index in [4.69, 9.17) is 18.6 Å². The van der Waals surface area contributed by atoms with Crippen LogP contribution in [-0.2, 0) is 46.6 Å². The third-order valence-corrected chi connectivity index (χ3v) is 16.7. The van der Waals surface area contributed by atoms with E-state index in [9.17, 15) is 14.4 Å². The molecule has 0 amide bonds. The lowest BCUT2D eigenvalue weighted by Crippen LogP contribution is -2.14. The van der Waals surface area contributed by atoms with Crippen molar-refractivity contribution in [2.75, 3.05) is 0 Å². The van der Waals surface area contributed by atoms with Gasteiger partial charge in [-0.2, -0.15) is 25.1 Å². The summed E-state index contributed by atoms with van der Waals surface area (Å²) < 4.78 is 17.9. The highest BCUT2D eigenvalue weighted by Crippen LogP contribution is 2.36. The van der Waals surface area contributed by atoms with Gasteiger partial charge in [-0.15, -0.1) is 10.2 Å². The highest BCUT2D eigenvalue weighted by Gasteiger charge is 2.27. The third-order valence-electron chi connectivity index (χ3n) is 16.7. The minimum absolute atomic E-state index is 0. The highest BCUT2D eigenvalue weighted by molar-refractivity contribution is 6.43. The minimum atomic E-state index is 0. The molecule has 27 heteroatoms. The molecule has 9 aromatic heterocycles. The van der Waals surface area contributed by atoms with E-state index in [2.05, 4.69) is 119 Å². The van der Waals surface area contributed by atoms with Crippen molar-refractivity contribution in [2.24, 2.45) is 15.0 Å². The number of benzene rings is 3. The molecule has 95 heavy (non-hydrogen) atoms. The Labute approximate surface area is 542 Å². The second-order valence-electron chi connectivity index (χ2n) is 23.8. The monoisotopic (exact) mass is 1270 g/mol. The Morgan fingerprint density at radius 1 is 0.516 bits per heavy atom. The van der Waals surface area contributed by atoms with E-state index in [0.29, 0.717) is 122 Å². The molecule has 0 bridgehead atoms. The van der Waals surface area contributed by atoms with Gasteiger partial charge in [-0.1, -0.05) is 41.1 Å². The van der Waals surface area contributed by atoms with Crippen molar-refractivity contribution in [1.82, 2.24) is 90.5 Å². The zero-order valence-corrected chi connectivity index (χ0v) is 52.6. The molecule has 0 unspecified atom stereocenters. The topological polar surface area (TPSA) is 366 Å². The van der Waals surface area contributed by atoms with E-state index in [1.54, 1.807) is 20.8 Å². The average molecular weight is 1270 g/mol. The minimum Gasteiger partial charge on any atom is -0.351 e. The molecule has 0 saturated heterocycles. The van der Waals surface area contributed by atoms with Crippen LogP contribution in [0.15, 0.2) is 124 Å². The number of aryl methyl sites for hydroxylation is 8. The number of Topliss-reactive ketones (excluding diaryl/α,β-unsaturated/α-hetero) is 3. The van der Waals surface area contributed by atoms with Gasteiger partial charge < -0.3 is 33.1 Å². The van der Waals surface area contributed by atoms with Gasteiger partial charge in [0, 0.05) is 120 Å². The normalized spacial score (nSPS) is 14.4. The van der Waals surface area contributed by atoms with E-state index in [1.807, 2.05) is 82.3 Å². The number of rotatable bonds is 18. The zero-order chi connectivity index (χ0) is 64.7. The first kappa shape index (κ1) is 62.2. The predicted octanol–water partition coefficient (Wildman–Crippen LogP) is 11.6. The predicted molar refractivity (Wildman–Crippen MR) is 355 cm³/mol. The maximum atomic E-state index is 12.9. The average Bonchev–Trinajstić information content (AvgIpc) is 1.67. The molecule has 0 radical (unpaired) electrons. The molecule has 0 aliphatic carbocycles. The van der Waals surface area contributed by atoms with Crippen LogP contribution in [0.1, 0.15) is 136 Å². The number of hydrogen-bond acceptors (Lipinski definition) is 21. The fourth-order valence-electron chi connectivity index (χ4n) is 12.0. The van der Waals surface area contributed by atoms with Crippen molar-refractivity contribution in [1.29, 1.82) is 0 Å². The van der Waals surface area contributed by atoms with Gasteiger partial charge in [-0.05, 0) is 126 Å². The molecule has 0 saturated carbocycles. The number of H-pyrrole nitrogens is 5. The summed E-state index contributed by atoms with van der Waals surface area (Å²) in [5.41, 5.74) is 15.8. The van der Waals surface area contributed by atoms with E-state index in [0.717, 1.165) is 137 Å². The van der Waals surface area contributed by atoms with E-state index < -0.39 is 0 Å². The summed E-state index contributed by atoms with van der Waals surface area (Å²) in [5.74, 6) is 7.35. The van der Waals surface area contributed by atoms with Crippen molar-refractivity contribution in [3.63, 3.8) is 0 Å². The van der Waals surface area contributed by atoms with E-state index in [1.165, 1.54) is 6.33 Å². The fraction of sp³-hybridized carbons (Fsp3) is 0.294. The van der Waals surface area contributed by atoms with Crippen molar-refractivity contribution in [2.45, 2.75) is 133 Å². The lowest BCUT2D eigenvalue weighted by Gasteiger charge is -2.03. The quantitative estimate of drug-likeness (QED) is 0.0533. The maximum Gasteiger partial charge on any atom is 0.274 e. The summed E-state index contributed by atoms with van der Waals surface area (Å²) in [6.07, 6.45) is 7.99. The summed E-state index contributed by atoms with van der Waals surface area (Å²) >= 11 is 0. The van der Waals surface area contributed by atoms with Gasteiger partial charge in [0.05, 0.1) is 34.2 Å². The number of aromatic amines is 5. The molecule has 16 rings (SSSR count). The van der Waals surface area contributed by atoms with Gasteiger partial charge in [0.25, 0.3) is 17.7 Å². The molecule has 5 N–H and O–H groups in total. The molecule has 12 aromatic rings. The van der Waals surface area contributed by atoms with E-state index in [-0.39, 0.29) is 24.8 Å². The first-order valence-electron chi connectivity index (χ1n) is 30.9. The molecular formula is C68H67N21O6. The van der Waals surface area contributed by atoms with Crippen LogP contribution < -0.4 is 0 Å². The molecule has 27 nitrogen and oxygen atoms in total. The Balaban J connectivity index is 0.000000129. The third kappa shape index (κ3) is 13.2. The van der Waals surface area contributed by atoms with Crippen molar-refractivity contribution in [3.05, 3.63) is 159 Å². The molecule has 480 valence electrons. The van der Waals surface area contributed by atoms with Crippen molar-refractivity contribution < 1.29 is 28.0 Å². The van der Waals surface area contributed by atoms with Gasteiger partial charge in [0.2, 0.25) is 0 Å². The molecule has 13 heterocycles. The van der Waals surface area contributed by atoms with Gasteiger partial charge in [-0.3, -0.25) is 24.6 Å². The molecule has 0 fully saturated rings. The Morgan fingerprint density at radius 3 is 1.36 bits per heavy atom. The maximum absolute atomic E-state index is 12.9. The number of carbonyl (C=O) groups is 3. The van der Waals surface area contributed by atoms with Gasteiger partial charge in [0.1, 0.15) is 46.7 Å². The summed E-state index contributed by atoms with van der Waals surface area (Å²) in [4.78, 5) is 83.3. The van der Waals surface area contributed by atoms with Crippen LogP contribution in [0, 0.1) is 27.7 Å². The second-order valence-corrected chi connectivity index (χ2v) is 23.8. The summed E-state index contributed by atoms with van der Waals surface area (Å²) in [5, 5.41) is 36.5.